The summed E-state index contributed by atoms with van der Waals surface area (Å²) in [5.74, 6) is 1.32. The molecule has 1 saturated carbocycles. The number of nitrogens with zero attached hydrogens (tertiary/aromatic N) is 2. The molecule has 158 valence electrons. The van der Waals surface area contributed by atoms with Gasteiger partial charge in [0.05, 0.1) is 17.5 Å². The summed E-state index contributed by atoms with van der Waals surface area (Å²) in [5, 5.41) is 0.620. The van der Waals surface area contributed by atoms with Crippen LogP contribution in [-0.2, 0) is 14.6 Å². The molecule has 1 aromatic carbocycles. The van der Waals surface area contributed by atoms with E-state index in [4.69, 9.17) is 0 Å². The zero-order valence-corrected chi connectivity index (χ0v) is 18.8. The van der Waals surface area contributed by atoms with Gasteiger partial charge in [0.25, 0.3) is 0 Å². The van der Waals surface area contributed by atoms with Gasteiger partial charge in [-0.05, 0) is 36.0 Å². The van der Waals surface area contributed by atoms with Gasteiger partial charge >= 0.3 is 0 Å². The predicted octanol–water partition coefficient (Wildman–Crippen LogP) is 4.38. The zero-order valence-electron chi connectivity index (χ0n) is 17.2. The van der Waals surface area contributed by atoms with E-state index in [2.05, 4.69) is 31.0 Å². The number of aliphatic imine (C=N–C) groups is 1. The number of hydrogen-bond acceptors (Lipinski definition) is 4. The number of sulfone groups is 1. The van der Waals surface area contributed by atoms with Crippen LogP contribution in [0.2, 0.25) is 0 Å². The fourth-order valence-electron chi connectivity index (χ4n) is 4.68. The van der Waals surface area contributed by atoms with Crippen molar-refractivity contribution in [2.75, 3.05) is 16.4 Å². The molecule has 0 radical (unpaired) electrons. The third-order valence-corrected chi connectivity index (χ3v) is 9.58. The van der Waals surface area contributed by atoms with E-state index in [0.717, 1.165) is 12.1 Å². The molecule has 0 N–H and O–H groups in total. The van der Waals surface area contributed by atoms with E-state index in [1.165, 1.54) is 43.0 Å². The van der Waals surface area contributed by atoms with E-state index in [0.29, 0.717) is 23.4 Å². The SMILES string of the molecule is CC(C)c1ccc(N2C(=NC(=O)CCC3CCCC3)S[C@H]3CS(=O)(=O)C[C@H]32)cc1. The normalized spacial score (nSPS) is 27.8. The van der Waals surface area contributed by atoms with Crippen LogP contribution in [0.4, 0.5) is 5.69 Å². The van der Waals surface area contributed by atoms with Crippen molar-refractivity contribution in [3.63, 3.8) is 0 Å². The first-order valence-electron chi connectivity index (χ1n) is 10.7. The lowest BCUT2D eigenvalue weighted by molar-refractivity contribution is -0.118. The Labute approximate surface area is 178 Å². The van der Waals surface area contributed by atoms with Crippen molar-refractivity contribution in [2.24, 2.45) is 10.9 Å². The highest BCUT2D eigenvalue weighted by Crippen LogP contribution is 2.41. The van der Waals surface area contributed by atoms with Gasteiger partial charge in [0.15, 0.2) is 15.0 Å². The number of rotatable bonds is 5. The van der Waals surface area contributed by atoms with E-state index < -0.39 is 9.84 Å². The van der Waals surface area contributed by atoms with Gasteiger partial charge in [-0.1, -0.05) is 63.4 Å². The lowest BCUT2D eigenvalue weighted by atomic mass is 10.0. The van der Waals surface area contributed by atoms with E-state index in [1.807, 2.05) is 17.0 Å². The van der Waals surface area contributed by atoms with Crippen molar-refractivity contribution in [3.05, 3.63) is 29.8 Å². The first-order valence-corrected chi connectivity index (χ1v) is 13.4. The summed E-state index contributed by atoms with van der Waals surface area (Å²) < 4.78 is 24.4. The molecule has 7 heteroatoms. The molecular formula is C22H30N2O3S2. The summed E-state index contributed by atoms with van der Waals surface area (Å²) in [7, 11) is -3.04. The molecule has 0 bridgehead atoms. The molecule has 0 aromatic heterocycles. The van der Waals surface area contributed by atoms with Crippen LogP contribution in [-0.4, -0.2) is 42.3 Å². The fraction of sp³-hybridized carbons (Fsp3) is 0.636. The number of amidine groups is 1. The summed E-state index contributed by atoms with van der Waals surface area (Å²) in [4.78, 5) is 19.0. The summed E-state index contributed by atoms with van der Waals surface area (Å²) >= 11 is 1.46. The number of amides is 1. The standard InChI is InChI=1S/C22H30N2O3S2/c1-15(2)17-8-10-18(11-9-17)24-19-13-29(26,27)14-20(19)28-22(24)23-21(25)12-7-16-5-3-4-6-16/h8-11,15-16,19-20H,3-7,12-14H2,1-2H3/t19-,20+/m1/s1. The molecular weight excluding hydrogens is 404 g/mol. The fourth-order valence-corrected chi connectivity index (χ4v) is 8.61. The maximum Gasteiger partial charge on any atom is 0.248 e. The summed E-state index contributed by atoms with van der Waals surface area (Å²) in [6, 6.07) is 8.09. The van der Waals surface area contributed by atoms with Crippen molar-refractivity contribution < 1.29 is 13.2 Å². The molecule has 2 aliphatic heterocycles. The molecule has 2 saturated heterocycles. The van der Waals surface area contributed by atoms with Crippen molar-refractivity contribution in [2.45, 2.75) is 69.6 Å². The van der Waals surface area contributed by atoms with E-state index >= 15 is 0 Å². The van der Waals surface area contributed by atoms with E-state index in [9.17, 15) is 13.2 Å². The van der Waals surface area contributed by atoms with Gasteiger partial charge in [0.2, 0.25) is 5.91 Å². The Kier molecular flexibility index (Phi) is 6.07. The molecule has 2 heterocycles. The molecule has 2 atom stereocenters. The number of anilines is 1. The van der Waals surface area contributed by atoms with Gasteiger partial charge in [-0.25, -0.2) is 8.42 Å². The second-order valence-electron chi connectivity index (χ2n) is 8.89. The Bertz CT molecular complexity index is 887. The second-order valence-corrected chi connectivity index (χ2v) is 12.3. The molecule has 5 nitrogen and oxygen atoms in total. The van der Waals surface area contributed by atoms with Crippen LogP contribution in [0.15, 0.2) is 29.3 Å². The molecule has 0 unspecified atom stereocenters. The maximum absolute atomic E-state index is 12.6. The third-order valence-electron chi connectivity index (χ3n) is 6.37. The Morgan fingerprint density at radius 1 is 1.17 bits per heavy atom. The van der Waals surface area contributed by atoms with Gasteiger partial charge in [-0.2, -0.15) is 4.99 Å². The molecule has 0 spiro atoms. The van der Waals surface area contributed by atoms with Gasteiger partial charge < -0.3 is 4.90 Å². The Hall–Kier alpha value is -1.34. The number of benzene rings is 1. The number of fused-ring (bicyclic) bond motifs is 1. The number of hydrogen-bond donors (Lipinski definition) is 0. The molecule has 3 fully saturated rings. The first kappa shape index (κ1) is 20.9. The minimum absolute atomic E-state index is 0.0499. The molecule has 3 aliphatic rings. The Balaban J connectivity index is 1.55. The quantitative estimate of drug-likeness (QED) is 0.688. The number of carbonyl (C=O) groups is 1. The lowest BCUT2D eigenvalue weighted by Crippen LogP contribution is -2.37. The summed E-state index contributed by atoms with van der Waals surface area (Å²) in [6.45, 7) is 4.30. The lowest BCUT2D eigenvalue weighted by Gasteiger charge is -2.25. The van der Waals surface area contributed by atoms with E-state index in [1.54, 1.807) is 0 Å². The smallest absolute Gasteiger partial charge is 0.248 e. The molecule has 29 heavy (non-hydrogen) atoms. The number of thioether (sulfide) groups is 1. The monoisotopic (exact) mass is 434 g/mol. The van der Waals surface area contributed by atoms with Crippen LogP contribution in [0.1, 0.15) is 63.9 Å². The largest absolute Gasteiger partial charge is 0.316 e. The van der Waals surface area contributed by atoms with Crippen LogP contribution >= 0.6 is 11.8 Å². The summed E-state index contributed by atoms with van der Waals surface area (Å²) in [6.07, 6.45) is 6.43. The Morgan fingerprint density at radius 3 is 2.52 bits per heavy atom. The van der Waals surface area contributed by atoms with Crippen LogP contribution in [0.3, 0.4) is 0 Å². The average molecular weight is 435 g/mol. The van der Waals surface area contributed by atoms with Gasteiger partial charge in [0, 0.05) is 17.4 Å². The highest BCUT2D eigenvalue weighted by atomic mass is 32.2. The van der Waals surface area contributed by atoms with Crippen LogP contribution < -0.4 is 4.90 Å². The third kappa shape index (κ3) is 4.71. The maximum atomic E-state index is 12.6. The minimum Gasteiger partial charge on any atom is -0.316 e. The average Bonchev–Trinajstić information content (AvgIpc) is 3.34. The number of carbonyl (C=O) groups excluding carboxylic acids is 1. The molecule has 1 amide bonds. The van der Waals surface area contributed by atoms with Crippen molar-refractivity contribution in [3.8, 4) is 0 Å². The molecule has 4 rings (SSSR count). The van der Waals surface area contributed by atoms with E-state index in [-0.39, 0.29) is 28.7 Å². The molecule has 1 aliphatic carbocycles. The summed E-state index contributed by atoms with van der Waals surface area (Å²) in [5.41, 5.74) is 2.16. The van der Waals surface area contributed by atoms with Crippen molar-refractivity contribution >= 4 is 38.4 Å². The topological polar surface area (TPSA) is 66.8 Å². The van der Waals surface area contributed by atoms with Crippen LogP contribution in [0.25, 0.3) is 0 Å². The second kappa shape index (κ2) is 8.42. The first-order chi connectivity index (χ1) is 13.8. The highest BCUT2D eigenvalue weighted by Gasteiger charge is 2.49. The molecule has 1 aromatic rings. The van der Waals surface area contributed by atoms with Gasteiger partial charge in [-0.15, -0.1) is 0 Å². The predicted molar refractivity (Wildman–Crippen MR) is 120 cm³/mol. The van der Waals surface area contributed by atoms with Gasteiger partial charge in [-0.3, -0.25) is 4.79 Å². The van der Waals surface area contributed by atoms with Crippen molar-refractivity contribution in [1.82, 2.24) is 0 Å². The minimum atomic E-state index is -3.04. The zero-order chi connectivity index (χ0) is 20.6. The Morgan fingerprint density at radius 2 is 1.86 bits per heavy atom. The van der Waals surface area contributed by atoms with Crippen LogP contribution in [0, 0.1) is 5.92 Å². The van der Waals surface area contributed by atoms with Crippen LogP contribution in [0.5, 0.6) is 0 Å². The van der Waals surface area contributed by atoms with Gasteiger partial charge in [0.1, 0.15) is 0 Å². The van der Waals surface area contributed by atoms with Crippen molar-refractivity contribution in [1.29, 1.82) is 0 Å². The highest BCUT2D eigenvalue weighted by molar-refractivity contribution is 8.16.